The van der Waals surface area contributed by atoms with E-state index in [1.165, 1.54) is 23.1 Å². The summed E-state index contributed by atoms with van der Waals surface area (Å²) in [6, 6.07) is 11.3. The van der Waals surface area contributed by atoms with Gasteiger partial charge in [-0.3, -0.25) is 0 Å². The van der Waals surface area contributed by atoms with Gasteiger partial charge in [-0.25, -0.2) is 0 Å². The summed E-state index contributed by atoms with van der Waals surface area (Å²) in [6.45, 7) is 0. The van der Waals surface area contributed by atoms with Gasteiger partial charge >= 0.3 is 0 Å². The second kappa shape index (κ2) is 6.01. The molecule has 0 fully saturated rings. The molecule has 0 aliphatic heterocycles. The molecule has 7 heteroatoms. The third kappa shape index (κ3) is 2.98. The number of thioether (sulfide) groups is 1. The van der Waals surface area contributed by atoms with E-state index >= 15 is 0 Å². The van der Waals surface area contributed by atoms with Gasteiger partial charge in [0.05, 0.1) is 23.1 Å². The van der Waals surface area contributed by atoms with E-state index in [9.17, 15) is 0 Å². The molecule has 1 heterocycles. The van der Waals surface area contributed by atoms with Gasteiger partial charge in [-0.15, -0.1) is 10.2 Å². The largest absolute Gasteiger partial charge is 0.329 e. The lowest BCUT2D eigenvalue weighted by Crippen LogP contribution is -1.92. The maximum Gasteiger partial charge on any atom is 0.210 e. The monoisotopic (exact) mass is 273 g/mol. The zero-order chi connectivity index (χ0) is 12.8. The van der Waals surface area contributed by atoms with E-state index in [0.29, 0.717) is 22.1 Å². The predicted molar refractivity (Wildman–Crippen MR) is 70.7 cm³/mol. The van der Waals surface area contributed by atoms with E-state index in [1.807, 2.05) is 18.2 Å². The van der Waals surface area contributed by atoms with Crippen LogP contribution >= 0.6 is 23.1 Å². The Labute approximate surface area is 112 Å². The Kier molecular flexibility index (Phi) is 4.13. The smallest absolute Gasteiger partial charge is 0.210 e. The van der Waals surface area contributed by atoms with Crippen LogP contribution in [0.5, 0.6) is 0 Å². The van der Waals surface area contributed by atoms with Crippen molar-refractivity contribution in [1.82, 2.24) is 10.2 Å². The van der Waals surface area contributed by atoms with Gasteiger partial charge in [-0.1, -0.05) is 35.2 Å². The van der Waals surface area contributed by atoms with Crippen LogP contribution in [0.4, 0.5) is 10.8 Å². The van der Waals surface area contributed by atoms with Crippen LogP contribution < -0.4 is 5.32 Å². The van der Waals surface area contributed by atoms with Crippen molar-refractivity contribution in [3.8, 4) is 12.1 Å². The fraction of sp³-hybridized carbons (Fsp3) is 0.0909. The van der Waals surface area contributed by atoms with Gasteiger partial charge < -0.3 is 5.32 Å². The third-order valence-corrected chi connectivity index (χ3v) is 3.79. The summed E-state index contributed by atoms with van der Waals surface area (Å²) in [6.07, 6.45) is 0. The molecule has 0 saturated carbocycles. The highest BCUT2D eigenvalue weighted by Gasteiger charge is 2.07. The SMILES string of the molecule is N#CCSc1nnc(Nc2ccccc2C#N)s1. The first-order valence-corrected chi connectivity index (χ1v) is 6.73. The first-order chi connectivity index (χ1) is 8.83. The second-order valence-corrected chi connectivity index (χ2v) is 5.30. The molecular weight excluding hydrogens is 266 g/mol. The molecule has 0 atom stereocenters. The highest BCUT2D eigenvalue weighted by Crippen LogP contribution is 2.28. The Morgan fingerprint density at radius 2 is 2.11 bits per heavy atom. The average Bonchev–Trinajstić information content (AvgIpc) is 2.84. The van der Waals surface area contributed by atoms with Crippen molar-refractivity contribution in [2.24, 2.45) is 0 Å². The van der Waals surface area contributed by atoms with Crippen molar-refractivity contribution in [3.05, 3.63) is 29.8 Å². The van der Waals surface area contributed by atoms with Crippen LogP contribution in [-0.2, 0) is 0 Å². The van der Waals surface area contributed by atoms with E-state index in [0.717, 1.165) is 4.34 Å². The van der Waals surface area contributed by atoms with Crippen molar-refractivity contribution in [2.45, 2.75) is 4.34 Å². The van der Waals surface area contributed by atoms with Crippen molar-refractivity contribution in [1.29, 1.82) is 10.5 Å². The molecule has 0 aliphatic rings. The van der Waals surface area contributed by atoms with Crippen LogP contribution in [0.2, 0.25) is 0 Å². The molecule has 1 aromatic heterocycles. The number of hydrogen-bond acceptors (Lipinski definition) is 7. The van der Waals surface area contributed by atoms with Crippen LogP contribution in [0.15, 0.2) is 28.6 Å². The Morgan fingerprint density at radius 3 is 2.89 bits per heavy atom. The van der Waals surface area contributed by atoms with Gasteiger partial charge in [0, 0.05) is 0 Å². The number of nitrogens with one attached hydrogen (secondary N) is 1. The van der Waals surface area contributed by atoms with Gasteiger partial charge in [-0.05, 0) is 12.1 Å². The lowest BCUT2D eigenvalue weighted by Gasteiger charge is -2.02. The van der Waals surface area contributed by atoms with E-state index in [2.05, 4.69) is 21.6 Å². The summed E-state index contributed by atoms with van der Waals surface area (Å²) in [5.41, 5.74) is 1.26. The quantitative estimate of drug-likeness (QED) is 0.862. The number of nitriles is 2. The fourth-order valence-corrected chi connectivity index (χ4v) is 2.64. The minimum Gasteiger partial charge on any atom is -0.329 e. The van der Waals surface area contributed by atoms with E-state index in [1.54, 1.807) is 12.1 Å². The number of para-hydroxylation sites is 1. The van der Waals surface area contributed by atoms with Crippen LogP contribution in [-0.4, -0.2) is 16.0 Å². The first kappa shape index (κ1) is 12.4. The molecule has 2 aromatic rings. The third-order valence-electron chi connectivity index (χ3n) is 1.96. The second-order valence-electron chi connectivity index (χ2n) is 3.10. The Bertz CT molecular complexity index is 623. The van der Waals surface area contributed by atoms with Crippen molar-refractivity contribution >= 4 is 33.9 Å². The zero-order valence-corrected chi connectivity index (χ0v) is 10.8. The molecule has 0 radical (unpaired) electrons. The lowest BCUT2D eigenvalue weighted by atomic mass is 10.2. The van der Waals surface area contributed by atoms with Gasteiger partial charge in [0.25, 0.3) is 0 Å². The fourth-order valence-electron chi connectivity index (χ4n) is 1.22. The normalized spacial score (nSPS) is 9.44. The van der Waals surface area contributed by atoms with Gasteiger partial charge in [0.1, 0.15) is 6.07 Å². The molecule has 88 valence electrons. The maximum absolute atomic E-state index is 8.96. The number of anilines is 2. The summed E-state index contributed by atoms with van der Waals surface area (Å²) in [4.78, 5) is 0. The molecule has 0 saturated heterocycles. The van der Waals surface area contributed by atoms with E-state index in [4.69, 9.17) is 10.5 Å². The number of hydrogen-bond donors (Lipinski definition) is 1. The highest BCUT2D eigenvalue weighted by atomic mass is 32.2. The van der Waals surface area contributed by atoms with Gasteiger partial charge in [0.15, 0.2) is 4.34 Å². The topological polar surface area (TPSA) is 85.4 Å². The molecule has 2 rings (SSSR count). The molecule has 5 nitrogen and oxygen atoms in total. The molecular formula is C11H7N5S2. The predicted octanol–water partition coefficient (Wildman–Crippen LogP) is 2.77. The molecule has 1 N–H and O–H groups in total. The van der Waals surface area contributed by atoms with Crippen molar-refractivity contribution < 1.29 is 0 Å². The van der Waals surface area contributed by atoms with Crippen LogP contribution in [0, 0.1) is 22.7 Å². The number of aromatic nitrogens is 2. The first-order valence-electron chi connectivity index (χ1n) is 4.93. The number of benzene rings is 1. The summed E-state index contributed by atoms with van der Waals surface area (Å²) in [7, 11) is 0. The van der Waals surface area contributed by atoms with Crippen LogP contribution in [0.25, 0.3) is 0 Å². The lowest BCUT2D eigenvalue weighted by molar-refractivity contribution is 1.01. The molecule has 1 aromatic carbocycles. The van der Waals surface area contributed by atoms with Crippen molar-refractivity contribution in [3.63, 3.8) is 0 Å². The van der Waals surface area contributed by atoms with E-state index < -0.39 is 0 Å². The average molecular weight is 273 g/mol. The molecule has 0 aliphatic carbocycles. The molecule has 0 bridgehead atoms. The minimum absolute atomic E-state index is 0.351. The maximum atomic E-state index is 8.96. The summed E-state index contributed by atoms with van der Waals surface area (Å²) in [5, 5.41) is 29.0. The van der Waals surface area contributed by atoms with Gasteiger partial charge in [-0.2, -0.15) is 10.5 Å². The van der Waals surface area contributed by atoms with E-state index in [-0.39, 0.29) is 0 Å². The zero-order valence-electron chi connectivity index (χ0n) is 9.12. The Balaban J connectivity index is 2.12. The molecule has 18 heavy (non-hydrogen) atoms. The molecule has 0 unspecified atom stereocenters. The molecule has 0 amide bonds. The minimum atomic E-state index is 0.351. The Morgan fingerprint density at radius 1 is 1.28 bits per heavy atom. The highest BCUT2D eigenvalue weighted by molar-refractivity contribution is 8.01. The summed E-state index contributed by atoms with van der Waals surface area (Å²) >= 11 is 2.70. The number of rotatable bonds is 4. The van der Waals surface area contributed by atoms with Crippen LogP contribution in [0.3, 0.4) is 0 Å². The summed E-state index contributed by atoms with van der Waals surface area (Å²) < 4.78 is 0.730. The standard InChI is InChI=1S/C11H7N5S2/c12-5-6-17-11-16-15-10(18-11)14-9-4-2-1-3-8(9)7-13/h1-4H,6H2,(H,14,15). The summed E-state index contributed by atoms with van der Waals surface area (Å²) in [5.74, 6) is 0.351. The molecule has 0 spiro atoms. The Hall–Kier alpha value is -2.09. The number of nitrogens with zero attached hydrogens (tertiary/aromatic N) is 4. The van der Waals surface area contributed by atoms with Crippen LogP contribution in [0.1, 0.15) is 5.56 Å². The van der Waals surface area contributed by atoms with Gasteiger partial charge in [0.2, 0.25) is 5.13 Å². The van der Waals surface area contributed by atoms with Crippen molar-refractivity contribution in [2.75, 3.05) is 11.1 Å².